The lowest BCUT2D eigenvalue weighted by Crippen LogP contribution is -2.08. The van der Waals surface area contributed by atoms with Crippen LogP contribution in [0.2, 0.25) is 0 Å². The summed E-state index contributed by atoms with van der Waals surface area (Å²) >= 11 is 0. The Bertz CT molecular complexity index is 89.7. The molecule has 1 radical (unpaired) electrons. The standard InChI is InChI=1S/C4H6NO2/c1-6-4-2-7-3-5-4/h5H,3H2,1H3. The average Bonchev–Trinajstić information content (AvgIpc) is 2.14. The van der Waals surface area contributed by atoms with Gasteiger partial charge in [0.15, 0.2) is 6.73 Å². The van der Waals surface area contributed by atoms with Crippen LogP contribution in [0.15, 0.2) is 5.88 Å². The minimum absolute atomic E-state index is 0.475. The second-order valence-electron chi connectivity index (χ2n) is 1.10. The van der Waals surface area contributed by atoms with Crippen LogP contribution in [0.3, 0.4) is 0 Å². The number of hydrogen-bond acceptors (Lipinski definition) is 3. The number of rotatable bonds is 1. The molecule has 3 heteroatoms. The summed E-state index contributed by atoms with van der Waals surface area (Å²) in [5.41, 5.74) is 0. The van der Waals surface area contributed by atoms with Crippen molar-refractivity contribution in [3.05, 3.63) is 12.1 Å². The van der Waals surface area contributed by atoms with Gasteiger partial charge in [-0.1, -0.05) is 0 Å². The van der Waals surface area contributed by atoms with Crippen molar-refractivity contribution in [1.29, 1.82) is 0 Å². The van der Waals surface area contributed by atoms with Crippen molar-refractivity contribution >= 4 is 0 Å². The summed E-state index contributed by atoms with van der Waals surface area (Å²) in [5.74, 6) is 0.569. The quantitative estimate of drug-likeness (QED) is 0.495. The maximum absolute atomic E-state index is 4.68. The number of ether oxygens (including phenoxy) is 2. The first-order valence-corrected chi connectivity index (χ1v) is 1.96. The molecule has 0 aromatic carbocycles. The molecule has 0 saturated heterocycles. The van der Waals surface area contributed by atoms with Gasteiger partial charge in [0.1, 0.15) is 0 Å². The molecule has 7 heavy (non-hydrogen) atoms. The van der Waals surface area contributed by atoms with E-state index in [1.54, 1.807) is 7.11 Å². The van der Waals surface area contributed by atoms with Crippen LogP contribution in [-0.2, 0) is 9.47 Å². The fourth-order valence-corrected chi connectivity index (χ4v) is 0.353. The highest BCUT2D eigenvalue weighted by Gasteiger charge is 2.01. The zero-order chi connectivity index (χ0) is 5.11. The van der Waals surface area contributed by atoms with Crippen LogP contribution in [0.1, 0.15) is 0 Å². The summed E-state index contributed by atoms with van der Waals surface area (Å²) in [6.45, 7) is 0.475. The summed E-state index contributed by atoms with van der Waals surface area (Å²) in [6, 6.07) is 0. The third kappa shape index (κ3) is 0.765. The summed E-state index contributed by atoms with van der Waals surface area (Å²) in [4.78, 5) is 0. The van der Waals surface area contributed by atoms with Crippen molar-refractivity contribution in [2.45, 2.75) is 0 Å². The second kappa shape index (κ2) is 1.73. The molecule has 0 bridgehead atoms. The normalized spacial score (nSPS) is 17.0. The van der Waals surface area contributed by atoms with Crippen molar-refractivity contribution in [1.82, 2.24) is 5.32 Å². The Morgan fingerprint density at radius 1 is 2.00 bits per heavy atom. The maximum Gasteiger partial charge on any atom is 0.237 e. The molecular formula is C4H6NO2. The first kappa shape index (κ1) is 4.30. The summed E-state index contributed by atoms with van der Waals surface area (Å²) in [5, 5.41) is 2.77. The predicted molar refractivity (Wildman–Crippen MR) is 22.9 cm³/mol. The van der Waals surface area contributed by atoms with Crippen molar-refractivity contribution in [2.75, 3.05) is 13.8 Å². The lowest BCUT2D eigenvalue weighted by Gasteiger charge is -1.94. The molecule has 0 saturated carbocycles. The van der Waals surface area contributed by atoms with Crippen LogP contribution in [-0.4, -0.2) is 13.8 Å². The van der Waals surface area contributed by atoms with E-state index in [-0.39, 0.29) is 0 Å². The Labute approximate surface area is 41.9 Å². The Balaban J connectivity index is 2.36. The van der Waals surface area contributed by atoms with E-state index in [2.05, 4.69) is 21.1 Å². The van der Waals surface area contributed by atoms with E-state index in [0.717, 1.165) is 0 Å². The molecule has 1 aliphatic rings. The summed E-state index contributed by atoms with van der Waals surface area (Å²) < 4.78 is 9.31. The number of methoxy groups -OCH3 is 1. The van der Waals surface area contributed by atoms with Crippen molar-refractivity contribution in [3.63, 3.8) is 0 Å². The van der Waals surface area contributed by atoms with Crippen LogP contribution >= 0.6 is 0 Å². The minimum atomic E-state index is 0.475. The number of hydrogen-bond donors (Lipinski definition) is 1. The van der Waals surface area contributed by atoms with Gasteiger partial charge in [0.2, 0.25) is 12.1 Å². The molecule has 3 nitrogen and oxygen atoms in total. The number of nitrogens with one attached hydrogen (secondary N) is 1. The van der Waals surface area contributed by atoms with E-state index in [1.165, 1.54) is 0 Å². The lowest BCUT2D eigenvalue weighted by atomic mass is 10.9. The van der Waals surface area contributed by atoms with Gasteiger partial charge in [0.25, 0.3) is 0 Å². The first-order chi connectivity index (χ1) is 3.43. The lowest BCUT2D eigenvalue weighted by molar-refractivity contribution is 0.246. The summed E-state index contributed by atoms with van der Waals surface area (Å²) in [6.07, 6.45) is 2.49. The fourth-order valence-electron chi connectivity index (χ4n) is 0.353. The van der Waals surface area contributed by atoms with Crippen molar-refractivity contribution in [3.8, 4) is 0 Å². The monoisotopic (exact) mass is 100 g/mol. The van der Waals surface area contributed by atoms with Gasteiger partial charge < -0.3 is 14.8 Å². The van der Waals surface area contributed by atoms with Gasteiger partial charge in [-0.2, -0.15) is 0 Å². The Hall–Kier alpha value is -0.860. The molecule has 0 fully saturated rings. The molecule has 1 aliphatic heterocycles. The van der Waals surface area contributed by atoms with Gasteiger partial charge in [-0.3, -0.25) is 0 Å². The molecule has 1 N–H and O–H groups in total. The molecule has 0 unspecified atom stereocenters. The van der Waals surface area contributed by atoms with E-state index in [0.29, 0.717) is 12.6 Å². The van der Waals surface area contributed by atoms with E-state index >= 15 is 0 Å². The molecular weight excluding hydrogens is 94.0 g/mol. The molecule has 0 aromatic rings. The highest BCUT2D eigenvalue weighted by molar-refractivity contribution is 4.80. The van der Waals surface area contributed by atoms with Crippen molar-refractivity contribution < 1.29 is 9.47 Å². The summed E-state index contributed by atoms with van der Waals surface area (Å²) in [7, 11) is 1.56. The predicted octanol–water partition coefficient (Wildman–Crippen LogP) is -0.188. The van der Waals surface area contributed by atoms with Gasteiger partial charge in [-0.25, -0.2) is 0 Å². The van der Waals surface area contributed by atoms with Gasteiger partial charge >= 0.3 is 0 Å². The third-order valence-electron chi connectivity index (χ3n) is 0.674. The van der Waals surface area contributed by atoms with E-state index in [9.17, 15) is 0 Å². The van der Waals surface area contributed by atoms with Gasteiger partial charge in [-0.15, -0.1) is 0 Å². The van der Waals surface area contributed by atoms with Crippen LogP contribution in [0.4, 0.5) is 0 Å². The molecule has 0 atom stereocenters. The second-order valence-corrected chi connectivity index (χ2v) is 1.10. The van der Waals surface area contributed by atoms with Crippen molar-refractivity contribution in [2.24, 2.45) is 0 Å². The maximum atomic E-state index is 4.68. The largest absolute Gasteiger partial charge is 0.480 e. The van der Waals surface area contributed by atoms with Crippen LogP contribution in [0.25, 0.3) is 0 Å². The molecule has 0 spiro atoms. The van der Waals surface area contributed by atoms with E-state index in [4.69, 9.17) is 0 Å². The molecule has 0 aliphatic carbocycles. The topological polar surface area (TPSA) is 30.5 Å². The third-order valence-corrected chi connectivity index (χ3v) is 0.674. The molecule has 0 aromatic heterocycles. The highest BCUT2D eigenvalue weighted by Crippen LogP contribution is 1.94. The smallest absolute Gasteiger partial charge is 0.237 e. The van der Waals surface area contributed by atoms with E-state index < -0.39 is 0 Å². The minimum Gasteiger partial charge on any atom is -0.480 e. The van der Waals surface area contributed by atoms with Crippen LogP contribution in [0, 0.1) is 6.26 Å². The zero-order valence-corrected chi connectivity index (χ0v) is 4.02. The SMILES string of the molecule is COC1=[C]OCN1. The Morgan fingerprint density at radius 2 is 2.86 bits per heavy atom. The van der Waals surface area contributed by atoms with Crippen LogP contribution in [0.5, 0.6) is 0 Å². The van der Waals surface area contributed by atoms with Gasteiger partial charge in [0, 0.05) is 0 Å². The average molecular weight is 100 g/mol. The molecule has 1 rings (SSSR count). The Kier molecular flexibility index (Phi) is 1.06. The van der Waals surface area contributed by atoms with Gasteiger partial charge in [0.05, 0.1) is 7.11 Å². The van der Waals surface area contributed by atoms with Gasteiger partial charge in [-0.05, 0) is 0 Å². The zero-order valence-electron chi connectivity index (χ0n) is 4.02. The molecule has 0 amide bonds. The fraction of sp³-hybridized carbons (Fsp3) is 0.500. The van der Waals surface area contributed by atoms with Crippen LogP contribution < -0.4 is 5.32 Å². The first-order valence-electron chi connectivity index (χ1n) is 1.96. The Morgan fingerprint density at radius 3 is 3.14 bits per heavy atom. The highest BCUT2D eigenvalue weighted by atomic mass is 16.5. The molecule has 1 heterocycles. The van der Waals surface area contributed by atoms with E-state index in [1.807, 2.05) is 0 Å². The molecule has 39 valence electrons.